The van der Waals surface area contributed by atoms with E-state index in [2.05, 4.69) is 36.8 Å². The maximum atomic E-state index is 5.70. The Balaban J connectivity index is 2.28. The molecule has 1 aromatic heterocycles. The van der Waals surface area contributed by atoms with Crippen LogP contribution in [-0.2, 0) is 0 Å². The number of aryl methyl sites for hydroxylation is 1. The van der Waals surface area contributed by atoms with Crippen LogP contribution in [0.2, 0.25) is 0 Å². The SMILES string of the molecule is Cc1cc(Oc2ccc(Br)cc2Br)ncc1N. The Morgan fingerprint density at radius 2 is 2.00 bits per heavy atom. The number of nitrogens with zero attached hydrogens (tertiary/aromatic N) is 1. The van der Waals surface area contributed by atoms with E-state index < -0.39 is 0 Å². The van der Waals surface area contributed by atoms with Crippen LogP contribution in [0.5, 0.6) is 11.6 Å². The lowest BCUT2D eigenvalue weighted by atomic mass is 10.2. The zero-order valence-corrected chi connectivity index (χ0v) is 12.2. The van der Waals surface area contributed by atoms with Crippen LogP contribution in [0.25, 0.3) is 0 Å². The Hall–Kier alpha value is -1.07. The van der Waals surface area contributed by atoms with Gasteiger partial charge in [-0.3, -0.25) is 0 Å². The van der Waals surface area contributed by atoms with Gasteiger partial charge in [-0.2, -0.15) is 0 Å². The van der Waals surface area contributed by atoms with E-state index in [0.717, 1.165) is 14.5 Å². The fourth-order valence-electron chi connectivity index (χ4n) is 1.27. The number of aromatic nitrogens is 1. The van der Waals surface area contributed by atoms with E-state index in [4.69, 9.17) is 10.5 Å². The van der Waals surface area contributed by atoms with E-state index in [1.807, 2.05) is 31.2 Å². The molecule has 17 heavy (non-hydrogen) atoms. The maximum absolute atomic E-state index is 5.70. The number of nitrogens with two attached hydrogens (primary N) is 1. The van der Waals surface area contributed by atoms with Crippen LogP contribution in [0.15, 0.2) is 39.4 Å². The summed E-state index contributed by atoms with van der Waals surface area (Å²) in [6.07, 6.45) is 1.59. The topological polar surface area (TPSA) is 48.1 Å². The number of hydrogen-bond acceptors (Lipinski definition) is 3. The van der Waals surface area contributed by atoms with Crippen LogP contribution < -0.4 is 10.5 Å². The molecule has 0 aliphatic heterocycles. The van der Waals surface area contributed by atoms with Crippen molar-refractivity contribution < 1.29 is 4.74 Å². The molecule has 0 unspecified atom stereocenters. The number of pyridine rings is 1. The molecular weight excluding hydrogens is 348 g/mol. The number of anilines is 1. The fourth-order valence-corrected chi connectivity index (χ4v) is 2.40. The molecule has 0 aliphatic carbocycles. The summed E-state index contributed by atoms with van der Waals surface area (Å²) in [6, 6.07) is 7.50. The first-order valence-electron chi connectivity index (χ1n) is 4.91. The zero-order valence-electron chi connectivity index (χ0n) is 9.08. The van der Waals surface area contributed by atoms with Gasteiger partial charge >= 0.3 is 0 Å². The largest absolute Gasteiger partial charge is 0.438 e. The van der Waals surface area contributed by atoms with Gasteiger partial charge in [0.25, 0.3) is 0 Å². The van der Waals surface area contributed by atoms with Gasteiger partial charge in [0.2, 0.25) is 5.88 Å². The molecule has 88 valence electrons. The minimum Gasteiger partial charge on any atom is -0.438 e. The van der Waals surface area contributed by atoms with Gasteiger partial charge in [-0.05, 0) is 46.6 Å². The van der Waals surface area contributed by atoms with Crippen LogP contribution in [0.1, 0.15) is 5.56 Å². The quantitative estimate of drug-likeness (QED) is 0.872. The molecule has 0 spiro atoms. The van der Waals surface area contributed by atoms with Crippen LogP contribution in [0.4, 0.5) is 5.69 Å². The number of ether oxygens (including phenoxy) is 1. The molecule has 0 amide bonds. The molecule has 0 bridgehead atoms. The maximum Gasteiger partial charge on any atom is 0.219 e. The predicted molar refractivity (Wildman–Crippen MR) is 75.3 cm³/mol. The number of rotatable bonds is 2. The summed E-state index contributed by atoms with van der Waals surface area (Å²) < 4.78 is 7.51. The second kappa shape index (κ2) is 5.06. The van der Waals surface area contributed by atoms with Gasteiger partial charge in [0.05, 0.1) is 16.4 Å². The van der Waals surface area contributed by atoms with Crippen LogP contribution in [-0.4, -0.2) is 4.98 Å². The third-order valence-corrected chi connectivity index (χ3v) is 3.35. The number of hydrogen-bond donors (Lipinski definition) is 1. The molecule has 2 N–H and O–H groups in total. The lowest BCUT2D eigenvalue weighted by Gasteiger charge is -2.08. The van der Waals surface area contributed by atoms with Crippen molar-refractivity contribution in [3.63, 3.8) is 0 Å². The lowest BCUT2D eigenvalue weighted by Crippen LogP contribution is -1.94. The summed E-state index contributed by atoms with van der Waals surface area (Å²) in [7, 11) is 0. The molecule has 2 aromatic rings. The van der Waals surface area contributed by atoms with Crippen molar-refractivity contribution >= 4 is 37.5 Å². The molecule has 0 aliphatic rings. The van der Waals surface area contributed by atoms with Gasteiger partial charge in [-0.15, -0.1) is 0 Å². The van der Waals surface area contributed by atoms with Crippen molar-refractivity contribution in [1.29, 1.82) is 0 Å². The van der Waals surface area contributed by atoms with E-state index in [0.29, 0.717) is 17.3 Å². The first kappa shape index (κ1) is 12.4. The number of benzene rings is 1. The summed E-state index contributed by atoms with van der Waals surface area (Å²) in [5.41, 5.74) is 7.31. The molecule has 5 heteroatoms. The highest BCUT2D eigenvalue weighted by atomic mass is 79.9. The predicted octanol–water partition coefficient (Wildman–Crippen LogP) is 4.29. The van der Waals surface area contributed by atoms with E-state index >= 15 is 0 Å². The standard InChI is InChI=1S/C12H10Br2N2O/c1-7-4-12(16-6-10(7)15)17-11-3-2-8(13)5-9(11)14/h2-6H,15H2,1H3. The Morgan fingerprint density at radius 3 is 2.65 bits per heavy atom. The zero-order chi connectivity index (χ0) is 12.4. The van der Waals surface area contributed by atoms with E-state index in [1.54, 1.807) is 6.20 Å². The number of halogens is 2. The van der Waals surface area contributed by atoms with Crippen molar-refractivity contribution in [1.82, 2.24) is 4.98 Å². The van der Waals surface area contributed by atoms with Crippen molar-refractivity contribution in [2.24, 2.45) is 0 Å². The Labute approximate surface area is 116 Å². The highest BCUT2D eigenvalue weighted by molar-refractivity contribution is 9.11. The smallest absolute Gasteiger partial charge is 0.219 e. The van der Waals surface area contributed by atoms with Gasteiger partial charge in [-0.1, -0.05) is 15.9 Å². The summed E-state index contributed by atoms with van der Waals surface area (Å²) in [5, 5.41) is 0. The Morgan fingerprint density at radius 1 is 1.24 bits per heavy atom. The van der Waals surface area contributed by atoms with E-state index in [9.17, 15) is 0 Å². The van der Waals surface area contributed by atoms with Gasteiger partial charge in [0, 0.05) is 10.5 Å². The third-order valence-electron chi connectivity index (χ3n) is 2.23. The van der Waals surface area contributed by atoms with Crippen molar-refractivity contribution in [3.05, 3.63) is 45.0 Å². The highest BCUT2D eigenvalue weighted by Crippen LogP contribution is 2.31. The van der Waals surface area contributed by atoms with E-state index in [1.165, 1.54) is 0 Å². The average molecular weight is 358 g/mol. The lowest BCUT2D eigenvalue weighted by molar-refractivity contribution is 0.460. The summed E-state index contributed by atoms with van der Waals surface area (Å²) in [4.78, 5) is 4.12. The average Bonchev–Trinajstić information content (AvgIpc) is 2.27. The van der Waals surface area contributed by atoms with Crippen LogP contribution >= 0.6 is 31.9 Å². The van der Waals surface area contributed by atoms with Crippen LogP contribution in [0, 0.1) is 6.92 Å². The molecule has 3 nitrogen and oxygen atoms in total. The van der Waals surface area contributed by atoms with Crippen LogP contribution in [0.3, 0.4) is 0 Å². The van der Waals surface area contributed by atoms with Gasteiger partial charge in [0.15, 0.2) is 0 Å². The second-order valence-electron chi connectivity index (χ2n) is 3.56. The normalized spacial score (nSPS) is 10.3. The molecule has 0 fully saturated rings. The van der Waals surface area contributed by atoms with Crippen molar-refractivity contribution in [2.75, 3.05) is 5.73 Å². The molecule has 1 heterocycles. The Bertz CT molecular complexity index is 558. The number of nitrogen functional groups attached to an aromatic ring is 1. The monoisotopic (exact) mass is 356 g/mol. The second-order valence-corrected chi connectivity index (χ2v) is 5.33. The van der Waals surface area contributed by atoms with Gasteiger partial charge < -0.3 is 10.5 Å². The summed E-state index contributed by atoms with van der Waals surface area (Å²) >= 11 is 6.82. The van der Waals surface area contributed by atoms with Gasteiger partial charge in [0.1, 0.15) is 5.75 Å². The molecule has 0 saturated carbocycles. The first-order valence-corrected chi connectivity index (χ1v) is 6.50. The first-order chi connectivity index (χ1) is 8.06. The molecule has 0 radical (unpaired) electrons. The van der Waals surface area contributed by atoms with E-state index in [-0.39, 0.29) is 0 Å². The molecule has 0 atom stereocenters. The van der Waals surface area contributed by atoms with Gasteiger partial charge in [-0.25, -0.2) is 4.98 Å². The fraction of sp³-hybridized carbons (Fsp3) is 0.0833. The summed E-state index contributed by atoms with van der Waals surface area (Å²) in [5.74, 6) is 1.24. The minimum atomic E-state index is 0.528. The van der Waals surface area contributed by atoms with Crippen molar-refractivity contribution in [3.8, 4) is 11.6 Å². The summed E-state index contributed by atoms with van der Waals surface area (Å²) in [6.45, 7) is 1.92. The Kier molecular flexibility index (Phi) is 3.69. The third kappa shape index (κ3) is 2.98. The van der Waals surface area contributed by atoms with Crippen molar-refractivity contribution in [2.45, 2.75) is 6.92 Å². The molecular formula is C12H10Br2N2O. The molecule has 2 rings (SSSR count). The molecule has 1 aromatic carbocycles. The highest BCUT2D eigenvalue weighted by Gasteiger charge is 2.05. The minimum absolute atomic E-state index is 0.528. The molecule has 0 saturated heterocycles.